The van der Waals surface area contributed by atoms with Gasteiger partial charge in [-0.2, -0.15) is 0 Å². The Hall–Kier alpha value is -0.0700. The molecular weight excluding hydrogens is 326 g/mol. The maximum atomic E-state index is 9.18. The fourth-order valence-corrected chi connectivity index (χ4v) is 2.04. The Labute approximate surface area is 107 Å². The van der Waals surface area contributed by atoms with Gasteiger partial charge in [0, 0.05) is 18.2 Å². The fourth-order valence-electron chi connectivity index (χ4n) is 1.40. The van der Waals surface area contributed by atoms with Crippen LogP contribution in [0.4, 0.5) is 5.69 Å². The largest absolute Gasteiger partial charge is 0.396 e. The molecule has 1 aliphatic carbocycles. The molecule has 0 aliphatic heterocycles. The molecule has 2 N–H and O–H groups in total. The summed E-state index contributed by atoms with van der Waals surface area (Å²) in [6.45, 7) is 1.06. The maximum Gasteiger partial charge on any atom is 0.131 e. The first-order valence-corrected chi connectivity index (χ1v) is 6.27. The number of hydrogen-bond donors (Lipinski definition) is 2. The normalized spacial score (nSPS) is 17.5. The van der Waals surface area contributed by atoms with Crippen molar-refractivity contribution in [1.82, 2.24) is 4.98 Å². The van der Waals surface area contributed by atoms with Crippen LogP contribution in [0.15, 0.2) is 12.3 Å². The highest BCUT2D eigenvalue weighted by atomic mass is 127. The van der Waals surface area contributed by atoms with Crippen molar-refractivity contribution < 1.29 is 5.11 Å². The van der Waals surface area contributed by atoms with Gasteiger partial charge in [0.15, 0.2) is 0 Å². The van der Waals surface area contributed by atoms with E-state index in [-0.39, 0.29) is 12.0 Å². The molecule has 0 radical (unpaired) electrons. The van der Waals surface area contributed by atoms with E-state index in [0.717, 1.165) is 28.6 Å². The third-order valence-electron chi connectivity index (χ3n) is 2.77. The van der Waals surface area contributed by atoms with Crippen LogP contribution in [0.25, 0.3) is 0 Å². The Morgan fingerprint density at radius 2 is 2.33 bits per heavy atom. The molecule has 0 aromatic carbocycles. The van der Waals surface area contributed by atoms with Crippen molar-refractivity contribution >= 4 is 39.9 Å². The second-order valence-electron chi connectivity index (χ2n) is 4.00. The van der Waals surface area contributed by atoms with Gasteiger partial charge in [-0.3, -0.25) is 0 Å². The number of nitrogens with one attached hydrogen (secondary N) is 1. The third-order valence-corrected chi connectivity index (χ3v) is 3.83. The van der Waals surface area contributed by atoms with Crippen LogP contribution in [0.2, 0.25) is 5.15 Å². The van der Waals surface area contributed by atoms with Gasteiger partial charge in [-0.05, 0) is 41.5 Å². The Kier molecular flexibility index (Phi) is 3.37. The highest BCUT2D eigenvalue weighted by Crippen LogP contribution is 2.45. The van der Waals surface area contributed by atoms with E-state index in [0.29, 0.717) is 5.15 Å². The van der Waals surface area contributed by atoms with Crippen molar-refractivity contribution in [1.29, 1.82) is 0 Å². The van der Waals surface area contributed by atoms with Gasteiger partial charge < -0.3 is 10.4 Å². The molecular formula is C10H12ClIN2O. The minimum atomic E-state index is 0.110. The summed E-state index contributed by atoms with van der Waals surface area (Å²) in [6.07, 6.45) is 3.95. The highest BCUT2D eigenvalue weighted by Gasteiger charge is 2.41. The van der Waals surface area contributed by atoms with Crippen LogP contribution in [0, 0.1) is 8.99 Å². The molecule has 15 heavy (non-hydrogen) atoms. The summed E-state index contributed by atoms with van der Waals surface area (Å²) >= 11 is 8.03. The lowest BCUT2D eigenvalue weighted by atomic mass is 10.1. The quantitative estimate of drug-likeness (QED) is 0.655. The molecule has 1 aromatic rings. The van der Waals surface area contributed by atoms with Gasteiger partial charge in [-0.1, -0.05) is 11.6 Å². The Balaban J connectivity index is 2.01. The molecule has 3 nitrogen and oxygen atoms in total. The number of aromatic nitrogens is 1. The fraction of sp³-hybridized carbons (Fsp3) is 0.500. The monoisotopic (exact) mass is 338 g/mol. The van der Waals surface area contributed by atoms with Crippen LogP contribution < -0.4 is 5.32 Å². The molecule has 1 heterocycles. The van der Waals surface area contributed by atoms with Crippen molar-refractivity contribution in [3.8, 4) is 0 Å². The summed E-state index contributed by atoms with van der Waals surface area (Å²) in [4.78, 5) is 3.99. The zero-order valence-corrected chi connectivity index (χ0v) is 11.0. The van der Waals surface area contributed by atoms with Crippen molar-refractivity contribution in [3.05, 3.63) is 21.0 Å². The van der Waals surface area contributed by atoms with Crippen LogP contribution in [-0.2, 0) is 0 Å². The molecule has 0 spiro atoms. The summed E-state index contributed by atoms with van der Waals surface area (Å²) in [5.74, 6) is 0. The average Bonchev–Trinajstić information content (AvgIpc) is 3.00. The summed E-state index contributed by atoms with van der Waals surface area (Å²) in [7, 11) is 0. The highest BCUT2D eigenvalue weighted by molar-refractivity contribution is 14.1. The van der Waals surface area contributed by atoms with E-state index in [4.69, 9.17) is 11.6 Å². The van der Waals surface area contributed by atoms with E-state index in [1.165, 1.54) is 0 Å². The average molecular weight is 339 g/mol. The van der Waals surface area contributed by atoms with Crippen LogP contribution in [0.5, 0.6) is 0 Å². The molecule has 1 aliphatic rings. The van der Waals surface area contributed by atoms with Gasteiger partial charge in [0.1, 0.15) is 5.15 Å². The van der Waals surface area contributed by atoms with Crippen LogP contribution in [-0.4, -0.2) is 23.2 Å². The van der Waals surface area contributed by atoms with E-state index < -0.39 is 0 Å². The first-order valence-electron chi connectivity index (χ1n) is 4.81. The molecule has 1 fully saturated rings. The molecule has 1 saturated carbocycles. The van der Waals surface area contributed by atoms with Crippen molar-refractivity contribution in [2.75, 3.05) is 18.5 Å². The topological polar surface area (TPSA) is 45.1 Å². The lowest BCUT2D eigenvalue weighted by Gasteiger charge is -2.14. The summed E-state index contributed by atoms with van der Waals surface area (Å²) in [6, 6.07) is 1.82. The van der Waals surface area contributed by atoms with E-state index in [9.17, 15) is 5.11 Å². The van der Waals surface area contributed by atoms with Gasteiger partial charge in [-0.15, -0.1) is 0 Å². The summed E-state index contributed by atoms with van der Waals surface area (Å²) in [5, 5.41) is 13.0. The second-order valence-corrected chi connectivity index (χ2v) is 5.55. The zero-order chi connectivity index (χ0) is 10.9. The van der Waals surface area contributed by atoms with Crippen molar-refractivity contribution in [3.63, 3.8) is 0 Å². The van der Waals surface area contributed by atoms with Gasteiger partial charge in [0.2, 0.25) is 0 Å². The van der Waals surface area contributed by atoms with Crippen molar-refractivity contribution in [2.24, 2.45) is 5.41 Å². The Morgan fingerprint density at radius 1 is 1.60 bits per heavy atom. The molecule has 82 valence electrons. The first-order chi connectivity index (χ1) is 7.15. The van der Waals surface area contributed by atoms with Gasteiger partial charge in [0.25, 0.3) is 0 Å². The molecule has 2 rings (SSSR count). The number of rotatable bonds is 4. The second kappa shape index (κ2) is 4.43. The standard InChI is InChI=1S/C10H12ClIN2O/c11-9-3-8(7(12)4-13-9)14-5-10(6-15)1-2-10/h3-4,15H,1-2,5-6H2,(H,13,14). The van der Waals surface area contributed by atoms with Crippen molar-refractivity contribution in [2.45, 2.75) is 12.8 Å². The number of anilines is 1. The molecule has 0 bridgehead atoms. The smallest absolute Gasteiger partial charge is 0.131 e. The lowest BCUT2D eigenvalue weighted by Crippen LogP contribution is -2.19. The predicted molar refractivity (Wildman–Crippen MR) is 69.2 cm³/mol. The molecule has 0 amide bonds. The Morgan fingerprint density at radius 3 is 2.93 bits per heavy atom. The molecule has 1 aromatic heterocycles. The van der Waals surface area contributed by atoms with E-state index in [1.54, 1.807) is 6.20 Å². The number of hydrogen-bond acceptors (Lipinski definition) is 3. The Bertz CT molecular complexity index is 368. The van der Waals surface area contributed by atoms with Crippen LogP contribution in [0.1, 0.15) is 12.8 Å². The van der Waals surface area contributed by atoms with Crippen LogP contribution >= 0.6 is 34.2 Å². The minimum Gasteiger partial charge on any atom is -0.396 e. The van der Waals surface area contributed by atoms with Gasteiger partial charge >= 0.3 is 0 Å². The number of pyridine rings is 1. The number of nitrogens with zero attached hydrogens (tertiary/aromatic N) is 1. The summed E-state index contributed by atoms with van der Waals surface area (Å²) in [5.41, 5.74) is 1.11. The van der Waals surface area contributed by atoms with Crippen LogP contribution in [0.3, 0.4) is 0 Å². The van der Waals surface area contributed by atoms with Gasteiger partial charge in [-0.25, -0.2) is 4.98 Å². The minimum absolute atomic E-state index is 0.110. The number of aliphatic hydroxyl groups is 1. The lowest BCUT2D eigenvalue weighted by molar-refractivity contribution is 0.220. The maximum absolute atomic E-state index is 9.18. The molecule has 5 heteroatoms. The number of aliphatic hydroxyl groups excluding tert-OH is 1. The van der Waals surface area contributed by atoms with E-state index >= 15 is 0 Å². The molecule has 0 atom stereocenters. The summed E-state index contributed by atoms with van der Waals surface area (Å²) < 4.78 is 1.05. The first kappa shape index (κ1) is 11.4. The molecule has 0 saturated heterocycles. The van der Waals surface area contributed by atoms with Gasteiger partial charge in [0.05, 0.1) is 15.9 Å². The zero-order valence-electron chi connectivity index (χ0n) is 8.13. The molecule has 0 unspecified atom stereocenters. The number of halogens is 2. The van der Waals surface area contributed by atoms with E-state index in [1.807, 2.05) is 6.07 Å². The predicted octanol–water partition coefficient (Wildman–Crippen LogP) is 2.52. The van der Waals surface area contributed by atoms with E-state index in [2.05, 4.69) is 32.9 Å². The SMILES string of the molecule is OCC1(CNc2cc(Cl)ncc2I)CC1. The third kappa shape index (κ3) is 2.73.